The zero-order chi connectivity index (χ0) is 24.2. The molecule has 34 heavy (non-hydrogen) atoms. The lowest BCUT2D eigenvalue weighted by molar-refractivity contribution is 0.400. The summed E-state index contributed by atoms with van der Waals surface area (Å²) in [6.07, 6.45) is 0.526. The van der Waals surface area contributed by atoms with E-state index in [1.807, 2.05) is 0 Å². The monoisotopic (exact) mass is 506 g/mol. The maximum Gasteiger partial charge on any atom is 0.265 e. The first kappa shape index (κ1) is 22.4. The summed E-state index contributed by atoms with van der Waals surface area (Å²) in [6, 6.07) is 7.72. The van der Waals surface area contributed by atoms with Gasteiger partial charge in [-0.25, -0.2) is 17.2 Å². The number of hydrogen-bond acceptors (Lipinski definition) is 6. The summed E-state index contributed by atoms with van der Waals surface area (Å²) in [7, 11) is -1.73. The van der Waals surface area contributed by atoms with Crippen molar-refractivity contribution in [3.63, 3.8) is 0 Å². The zero-order valence-electron chi connectivity index (χ0n) is 17.9. The van der Waals surface area contributed by atoms with Crippen LogP contribution in [0.5, 0.6) is 11.5 Å². The van der Waals surface area contributed by atoms with Crippen LogP contribution in [0.25, 0.3) is 22.1 Å². The Kier molecular flexibility index (Phi) is 5.37. The van der Waals surface area contributed by atoms with Crippen molar-refractivity contribution in [2.45, 2.75) is 17.7 Å². The lowest BCUT2D eigenvalue weighted by Crippen LogP contribution is -2.15. The van der Waals surface area contributed by atoms with Crippen molar-refractivity contribution in [1.29, 1.82) is 0 Å². The minimum Gasteiger partial charge on any atom is -0.494 e. The Morgan fingerprint density at radius 1 is 1.06 bits per heavy atom. The Hall–Kier alpha value is -3.37. The van der Waals surface area contributed by atoms with Gasteiger partial charge in [-0.2, -0.15) is 0 Å². The number of nitrogens with one attached hydrogen (secondary N) is 1. The third-order valence-corrected chi connectivity index (χ3v) is 7.43. The van der Waals surface area contributed by atoms with Crippen LogP contribution in [0.3, 0.4) is 0 Å². The molecule has 7 nitrogen and oxygen atoms in total. The van der Waals surface area contributed by atoms with Crippen LogP contribution in [0.15, 0.2) is 45.8 Å². The molecular weight excluding hydrogens is 490 g/mol. The van der Waals surface area contributed by atoms with Gasteiger partial charge in [0.1, 0.15) is 27.3 Å². The van der Waals surface area contributed by atoms with Crippen LogP contribution in [0.1, 0.15) is 11.3 Å². The molecule has 0 saturated carbocycles. The average molecular weight is 507 g/mol. The second-order valence-corrected chi connectivity index (χ2v) is 9.70. The molecule has 11 heteroatoms. The van der Waals surface area contributed by atoms with Crippen LogP contribution in [0, 0.1) is 11.6 Å². The molecule has 5 rings (SSSR count). The van der Waals surface area contributed by atoms with Gasteiger partial charge in [0, 0.05) is 17.0 Å². The first-order valence-electron chi connectivity index (χ1n) is 10.1. The third kappa shape index (κ3) is 3.54. The van der Waals surface area contributed by atoms with Crippen LogP contribution in [-0.4, -0.2) is 27.8 Å². The van der Waals surface area contributed by atoms with Crippen LogP contribution in [0.4, 0.5) is 14.5 Å². The number of nitrogens with zero attached hydrogens (tertiary/aromatic N) is 1. The Morgan fingerprint density at radius 2 is 1.85 bits per heavy atom. The maximum absolute atomic E-state index is 15.1. The fraction of sp³-hybridized carbons (Fsp3) is 0.174. The molecular formula is C23H17ClF2N2O5S. The Morgan fingerprint density at radius 3 is 2.59 bits per heavy atom. The summed E-state index contributed by atoms with van der Waals surface area (Å²) in [5, 5.41) is 4.35. The number of anilines is 1. The molecule has 0 aliphatic carbocycles. The second-order valence-electron chi connectivity index (χ2n) is 7.67. The lowest BCUT2D eigenvalue weighted by atomic mass is 9.94. The van der Waals surface area contributed by atoms with Crippen LogP contribution in [0.2, 0.25) is 5.02 Å². The molecule has 1 aliphatic rings. The Labute approximate surface area is 198 Å². The molecule has 2 heterocycles. The standard InChI is InChI=1S/C23H17ClF2N2O5S/c1-31-19-10-16(26)14-8-18(19)28-34(29,30)20-9-15-17(27-33-22(15)21(24)23(20)32-2)6-3-11-7-12(25)4-5-13(11)14/h4-5,7-10,28H,3,6H2,1-2H3. The smallest absolute Gasteiger partial charge is 0.265 e. The van der Waals surface area contributed by atoms with Gasteiger partial charge < -0.3 is 14.0 Å². The van der Waals surface area contributed by atoms with E-state index in [1.54, 1.807) is 0 Å². The van der Waals surface area contributed by atoms with E-state index in [4.69, 9.17) is 25.6 Å². The normalized spacial score (nSPS) is 14.5. The lowest BCUT2D eigenvalue weighted by Gasteiger charge is -2.17. The first-order chi connectivity index (χ1) is 16.2. The highest BCUT2D eigenvalue weighted by molar-refractivity contribution is 7.92. The number of halogens is 3. The molecule has 0 radical (unpaired) electrons. The highest BCUT2D eigenvalue weighted by Crippen LogP contribution is 2.43. The van der Waals surface area contributed by atoms with Crippen molar-refractivity contribution in [3.8, 4) is 22.6 Å². The van der Waals surface area contributed by atoms with Gasteiger partial charge in [0.05, 0.1) is 25.6 Å². The van der Waals surface area contributed by atoms with Crippen LogP contribution in [-0.2, 0) is 22.9 Å². The molecule has 4 aromatic rings. The number of fused-ring (bicyclic) bond motifs is 5. The number of methoxy groups -OCH3 is 2. The van der Waals surface area contributed by atoms with E-state index < -0.39 is 21.7 Å². The number of rotatable bonds is 2. The zero-order valence-corrected chi connectivity index (χ0v) is 19.5. The Balaban J connectivity index is 1.85. The number of sulfonamides is 1. The van der Waals surface area contributed by atoms with Crippen molar-refractivity contribution in [2.24, 2.45) is 0 Å². The molecule has 176 valence electrons. The largest absolute Gasteiger partial charge is 0.494 e. The van der Waals surface area contributed by atoms with Gasteiger partial charge in [0.2, 0.25) is 0 Å². The topological polar surface area (TPSA) is 90.7 Å². The van der Waals surface area contributed by atoms with E-state index in [2.05, 4.69) is 9.88 Å². The quantitative estimate of drug-likeness (QED) is 0.394. The van der Waals surface area contributed by atoms with Crippen molar-refractivity contribution >= 4 is 38.3 Å². The van der Waals surface area contributed by atoms with E-state index in [0.29, 0.717) is 22.2 Å². The second kappa shape index (κ2) is 8.14. The molecule has 4 bridgehead atoms. The molecule has 0 spiro atoms. The molecule has 0 saturated heterocycles. The third-order valence-electron chi connectivity index (χ3n) is 5.72. The van der Waals surface area contributed by atoms with E-state index in [9.17, 15) is 12.8 Å². The van der Waals surface area contributed by atoms with Gasteiger partial charge in [-0.15, -0.1) is 0 Å². The van der Waals surface area contributed by atoms with E-state index in [-0.39, 0.29) is 51.1 Å². The fourth-order valence-electron chi connectivity index (χ4n) is 4.11. The molecule has 0 amide bonds. The van der Waals surface area contributed by atoms with Crippen molar-refractivity contribution < 1.29 is 31.2 Å². The van der Waals surface area contributed by atoms with Gasteiger partial charge in [0.25, 0.3) is 10.0 Å². The van der Waals surface area contributed by atoms with Crippen molar-refractivity contribution in [1.82, 2.24) is 5.16 Å². The van der Waals surface area contributed by atoms with E-state index in [1.165, 1.54) is 44.6 Å². The van der Waals surface area contributed by atoms with Gasteiger partial charge in [-0.3, -0.25) is 4.72 Å². The summed E-state index contributed by atoms with van der Waals surface area (Å²) in [6.45, 7) is 0. The predicted molar refractivity (Wildman–Crippen MR) is 122 cm³/mol. The predicted octanol–water partition coefficient (Wildman–Crippen LogP) is 5.34. The molecule has 1 aliphatic heterocycles. The highest BCUT2D eigenvalue weighted by atomic mass is 35.5. The number of aryl methyl sites for hydroxylation is 2. The number of ether oxygens (including phenoxy) is 2. The highest BCUT2D eigenvalue weighted by Gasteiger charge is 2.29. The summed E-state index contributed by atoms with van der Waals surface area (Å²) in [5.74, 6) is -1.32. The minimum absolute atomic E-state index is 0.0164. The van der Waals surface area contributed by atoms with Crippen LogP contribution < -0.4 is 14.2 Å². The first-order valence-corrected chi connectivity index (χ1v) is 11.9. The van der Waals surface area contributed by atoms with E-state index in [0.717, 1.165) is 6.07 Å². The number of hydrogen-bond donors (Lipinski definition) is 1. The Bertz CT molecular complexity index is 1570. The van der Waals surface area contributed by atoms with Gasteiger partial charge in [0.15, 0.2) is 11.3 Å². The average Bonchev–Trinajstić information content (AvgIpc) is 3.21. The molecule has 1 aromatic heterocycles. The van der Waals surface area contributed by atoms with E-state index >= 15 is 4.39 Å². The molecule has 0 unspecified atom stereocenters. The van der Waals surface area contributed by atoms with Gasteiger partial charge in [-0.1, -0.05) is 22.8 Å². The summed E-state index contributed by atoms with van der Waals surface area (Å²) in [5.41, 5.74) is 1.55. The van der Waals surface area contributed by atoms with Crippen molar-refractivity contribution in [2.75, 3.05) is 18.9 Å². The molecule has 3 aromatic carbocycles. The van der Waals surface area contributed by atoms with Gasteiger partial charge in [-0.05, 0) is 48.2 Å². The summed E-state index contributed by atoms with van der Waals surface area (Å²) < 4.78 is 74.4. The van der Waals surface area contributed by atoms with Crippen LogP contribution >= 0.6 is 11.6 Å². The maximum atomic E-state index is 15.1. The summed E-state index contributed by atoms with van der Waals surface area (Å²) in [4.78, 5) is -0.257. The van der Waals surface area contributed by atoms with Gasteiger partial charge >= 0.3 is 0 Å². The molecule has 1 N–H and O–H groups in total. The fourth-order valence-corrected chi connectivity index (χ4v) is 5.74. The molecule has 0 fully saturated rings. The molecule has 0 atom stereocenters. The van der Waals surface area contributed by atoms with Crippen molar-refractivity contribution in [3.05, 3.63) is 64.3 Å². The number of benzene rings is 3. The number of aromatic nitrogens is 1. The minimum atomic E-state index is -4.30. The SMILES string of the molecule is COc1cc(F)c2cc1NS(=O)(=O)c1cc3c(noc3c(Cl)c1OC)CCc1cc(F)ccc1-2. The summed E-state index contributed by atoms with van der Waals surface area (Å²) >= 11 is 6.42.